The van der Waals surface area contributed by atoms with E-state index in [0.29, 0.717) is 40.4 Å². The standard InChI is InChI=1S/C21H28N4O7S/c1-4-23-18(27)17-13(3)15(12-25(22-20(28)29)16(26)8-10-31-5-2)33-19(17)24(21(23)30)11-14-7-6-9-32-14/h8,10,14,22H,4-7,9,11-12H2,1-3H3,(H,28,29). The molecule has 1 saturated heterocycles. The zero-order valence-electron chi connectivity index (χ0n) is 18.8. The number of hydrazine groups is 1. The molecule has 3 heterocycles. The van der Waals surface area contributed by atoms with Crippen LogP contribution in [-0.4, -0.2) is 50.6 Å². The summed E-state index contributed by atoms with van der Waals surface area (Å²) in [7, 11) is 0. The highest BCUT2D eigenvalue weighted by Crippen LogP contribution is 2.29. The lowest BCUT2D eigenvalue weighted by molar-refractivity contribution is -0.129. The van der Waals surface area contributed by atoms with Gasteiger partial charge in [0.2, 0.25) is 0 Å². The van der Waals surface area contributed by atoms with Crippen LogP contribution in [0, 0.1) is 6.92 Å². The Morgan fingerprint density at radius 3 is 2.70 bits per heavy atom. The lowest BCUT2D eigenvalue weighted by Gasteiger charge is -2.19. The summed E-state index contributed by atoms with van der Waals surface area (Å²) in [4.78, 5) is 51.0. The Kier molecular flexibility index (Phi) is 7.92. The number of rotatable bonds is 8. The minimum absolute atomic E-state index is 0.116. The van der Waals surface area contributed by atoms with E-state index in [1.165, 1.54) is 22.2 Å². The molecule has 180 valence electrons. The smallest absolute Gasteiger partial charge is 0.423 e. The Morgan fingerprint density at radius 2 is 2.09 bits per heavy atom. The first-order chi connectivity index (χ1) is 15.8. The Balaban J connectivity index is 2.07. The van der Waals surface area contributed by atoms with Crippen LogP contribution in [0.25, 0.3) is 10.2 Å². The number of aryl methyl sites for hydroxylation is 1. The van der Waals surface area contributed by atoms with Gasteiger partial charge in [0.25, 0.3) is 11.5 Å². The summed E-state index contributed by atoms with van der Waals surface area (Å²) in [6.45, 7) is 6.63. The van der Waals surface area contributed by atoms with Gasteiger partial charge in [0.15, 0.2) is 0 Å². The predicted octanol–water partition coefficient (Wildman–Crippen LogP) is 1.79. The third-order valence-corrected chi connectivity index (χ3v) is 6.69. The number of nitrogens with one attached hydrogen (secondary N) is 1. The number of carbonyl (C=O) groups excluding carboxylic acids is 1. The summed E-state index contributed by atoms with van der Waals surface area (Å²) in [5.74, 6) is -0.634. The van der Waals surface area contributed by atoms with Crippen LogP contribution < -0.4 is 16.7 Å². The van der Waals surface area contributed by atoms with Crippen molar-refractivity contribution in [3.8, 4) is 0 Å². The molecular weight excluding hydrogens is 452 g/mol. The average Bonchev–Trinajstić information content (AvgIpc) is 3.39. The van der Waals surface area contributed by atoms with Crippen molar-refractivity contribution >= 4 is 33.6 Å². The molecule has 2 aromatic rings. The summed E-state index contributed by atoms with van der Waals surface area (Å²) < 4.78 is 13.5. The first-order valence-corrected chi connectivity index (χ1v) is 11.6. The molecule has 11 nitrogen and oxygen atoms in total. The van der Waals surface area contributed by atoms with Crippen molar-refractivity contribution in [3.63, 3.8) is 0 Å². The first-order valence-electron chi connectivity index (χ1n) is 10.7. The van der Waals surface area contributed by atoms with Gasteiger partial charge < -0.3 is 14.6 Å². The van der Waals surface area contributed by atoms with Gasteiger partial charge >= 0.3 is 11.8 Å². The number of carboxylic acid groups (broad SMARTS) is 1. The maximum Gasteiger partial charge on any atom is 0.423 e. The van der Waals surface area contributed by atoms with Crippen molar-refractivity contribution in [3.05, 3.63) is 43.6 Å². The van der Waals surface area contributed by atoms with Crippen LogP contribution in [0.15, 0.2) is 21.9 Å². The third kappa shape index (κ3) is 5.28. The Labute approximate surface area is 193 Å². The van der Waals surface area contributed by atoms with Crippen molar-refractivity contribution in [2.45, 2.75) is 59.4 Å². The van der Waals surface area contributed by atoms with Crippen molar-refractivity contribution in [2.24, 2.45) is 0 Å². The molecule has 3 rings (SSSR count). The molecule has 12 heteroatoms. The van der Waals surface area contributed by atoms with Crippen LogP contribution in [0.2, 0.25) is 0 Å². The fourth-order valence-corrected chi connectivity index (χ4v) is 5.03. The molecule has 33 heavy (non-hydrogen) atoms. The lowest BCUT2D eigenvalue weighted by Crippen LogP contribution is -2.44. The molecule has 1 fully saturated rings. The average molecular weight is 481 g/mol. The van der Waals surface area contributed by atoms with E-state index in [2.05, 4.69) is 5.43 Å². The second-order valence-corrected chi connectivity index (χ2v) is 8.59. The van der Waals surface area contributed by atoms with Crippen molar-refractivity contribution in [1.29, 1.82) is 0 Å². The van der Waals surface area contributed by atoms with Crippen LogP contribution in [0.5, 0.6) is 0 Å². The minimum Gasteiger partial charge on any atom is -0.501 e. The monoisotopic (exact) mass is 480 g/mol. The van der Waals surface area contributed by atoms with Gasteiger partial charge in [-0.1, -0.05) is 0 Å². The van der Waals surface area contributed by atoms with Crippen LogP contribution >= 0.6 is 11.3 Å². The number of aromatic nitrogens is 2. The summed E-state index contributed by atoms with van der Waals surface area (Å²) in [5, 5.41) is 10.5. The number of hydrogen-bond acceptors (Lipinski definition) is 7. The van der Waals surface area contributed by atoms with E-state index in [-0.39, 0.29) is 19.2 Å². The number of thiophene rings is 1. The summed E-state index contributed by atoms with van der Waals surface area (Å²) in [6.07, 6.45) is 2.52. The topological polar surface area (TPSA) is 132 Å². The first kappa shape index (κ1) is 24.5. The third-order valence-electron chi connectivity index (χ3n) is 5.39. The van der Waals surface area contributed by atoms with E-state index < -0.39 is 23.2 Å². The fraction of sp³-hybridized carbons (Fsp3) is 0.524. The van der Waals surface area contributed by atoms with Crippen molar-refractivity contribution in [2.75, 3.05) is 13.2 Å². The van der Waals surface area contributed by atoms with Gasteiger partial charge in [-0.05, 0) is 39.2 Å². The van der Waals surface area contributed by atoms with Gasteiger partial charge in [-0.2, -0.15) is 0 Å². The molecule has 2 amide bonds. The van der Waals surface area contributed by atoms with E-state index in [4.69, 9.17) is 9.47 Å². The Bertz CT molecular complexity index is 1170. The molecule has 0 bridgehead atoms. The number of hydrogen-bond donors (Lipinski definition) is 2. The summed E-state index contributed by atoms with van der Waals surface area (Å²) >= 11 is 1.19. The van der Waals surface area contributed by atoms with Crippen LogP contribution in [0.4, 0.5) is 4.79 Å². The number of nitrogens with zero attached hydrogens (tertiary/aromatic N) is 3. The van der Waals surface area contributed by atoms with Crippen LogP contribution in [0.1, 0.15) is 37.1 Å². The summed E-state index contributed by atoms with van der Waals surface area (Å²) in [6, 6.07) is 0. The molecule has 2 aromatic heterocycles. The van der Waals surface area contributed by atoms with Gasteiger partial charge in [0.1, 0.15) is 4.83 Å². The molecule has 1 aliphatic rings. The molecule has 1 unspecified atom stereocenters. The van der Waals surface area contributed by atoms with E-state index in [9.17, 15) is 24.3 Å². The zero-order valence-corrected chi connectivity index (χ0v) is 19.6. The van der Waals surface area contributed by atoms with Gasteiger partial charge in [-0.25, -0.2) is 20.0 Å². The highest BCUT2D eigenvalue weighted by atomic mass is 32.1. The molecule has 1 atom stereocenters. The molecule has 0 aromatic carbocycles. The highest BCUT2D eigenvalue weighted by Gasteiger charge is 2.25. The number of amides is 2. The maximum atomic E-state index is 13.1. The largest absolute Gasteiger partial charge is 0.501 e. The van der Waals surface area contributed by atoms with Crippen molar-refractivity contribution in [1.82, 2.24) is 19.6 Å². The zero-order chi connectivity index (χ0) is 24.1. The maximum absolute atomic E-state index is 13.1. The second-order valence-electron chi connectivity index (χ2n) is 7.51. The van der Waals surface area contributed by atoms with Crippen LogP contribution in [-0.2, 0) is 33.9 Å². The minimum atomic E-state index is -1.41. The number of ether oxygens (including phenoxy) is 2. The second kappa shape index (κ2) is 10.7. The summed E-state index contributed by atoms with van der Waals surface area (Å²) in [5.41, 5.74) is 1.87. The quantitative estimate of drug-likeness (QED) is 0.334. The molecule has 0 saturated carbocycles. The SMILES string of the molecule is CCOC=CC(=O)N(Cc1sc2c(c1C)c(=O)n(CC)c(=O)n2CC1CCCO1)NC(=O)O. The van der Waals surface area contributed by atoms with E-state index in [0.717, 1.165) is 23.9 Å². The normalized spacial score (nSPS) is 15.9. The number of carbonyl (C=O) groups is 2. The molecular formula is C21H28N4O7S. The lowest BCUT2D eigenvalue weighted by atomic mass is 10.2. The van der Waals surface area contributed by atoms with E-state index >= 15 is 0 Å². The molecule has 0 spiro atoms. The van der Waals surface area contributed by atoms with E-state index in [1.54, 1.807) is 25.3 Å². The van der Waals surface area contributed by atoms with Crippen molar-refractivity contribution < 1.29 is 24.2 Å². The predicted molar refractivity (Wildman–Crippen MR) is 122 cm³/mol. The van der Waals surface area contributed by atoms with Gasteiger partial charge in [-0.15, -0.1) is 11.3 Å². The molecule has 1 aliphatic heterocycles. The van der Waals surface area contributed by atoms with Gasteiger partial charge in [-0.3, -0.25) is 18.7 Å². The molecule has 0 aliphatic carbocycles. The van der Waals surface area contributed by atoms with Gasteiger partial charge in [0.05, 0.1) is 37.4 Å². The molecule has 2 N–H and O–H groups in total. The fourth-order valence-electron chi connectivity index (χ4n) is 3.75. The number of fused-ring (bicyclic) bond motifs is 1. The Hall–Kier alpha value is -3.12. The highest BCUT2D eigenvalue weighted by molar-refractivity contribution is 7.18. The molecule has 0 radical (unpaired) electrons. The van der Waals surface area contributed by atoms with Gasteiger partial charge in [0, 0.05) is 24.1 Å². The van der Waals surface area contributed by atoms with Crippen LogP contribution in [0.3, 0.4) is 0 Å². The van der Waals surface area contributed by atoms with E-state index in [1.807, 2.05) is 0 Å². The Morgan fingerprint density at radius 1 is 1.33 bits per heavy atom.